The molecule has 0 aliphatic heterocycles. The van der Waals surface area contributed by atoms with Crippen LogP contribution in [-0.2, 0) is 6.54 Å². The second-order valence-electron chi connectivity index (χ2n) is 4.05. The number of hydrogen-bond donors (Lipinski definition) is 3. The first-order chi connectivity index (χ1) is 7.67. The Labute approximate surface area is 96.3 Å². The van der Waals surface area contributed by atoms with Gasteiger partial charge in [0, 0.05) is 18.4 Å². The molecule has 1 aromatic rings. The average Bonchev–Trinajstić information content (AvgIpc) is 2.34. The lowest BCUT2D eigenvalue weighted by molar-refractivity contribution is 0.0863. The van der Waals surface area contributed by atoms with E-state index in [9.17, 15) is 10.2 Å². The van der Waals surface area contributed by atoms with E-state index in [1.165, 1.54) is 0 Å². The molecule has 16 heavy (non-hydrogen) atoms. The molecule has 1 rings (SSSR count). The zero-order chi connectivity index (χ0) is 12.0. The molecule has 90 valence electrons. The maximum Gasteiger partial charge on any atom is 0.0648 e. The van der Waals surface area contributed by atoms with Crippen molar-refractivity contribution in [3.05, 3.63) is 29.6 Å². The van der Waals surface area contributed by atoms with E-state index >= 15 is 0 Å². The van der Waals surface area contributed by atoms with Crippen LogP contribution >= 0.6 is 0 Å². The molecule has 0 amide bonds. The van der Waals surface area contributed by atoms with E-state index in [-0.39, 0.29) is 13.2 Å². The highest BCUT2D eigenvalue weighted by Crippen LogP contribution is 2.11. The fourth-order valence-electron chi connectivity index (χ4n) is 1.50. The van der Waals surface area contributed by atoms with Gasteiger partial charge in [0.25, 0.3) is 0 Å². The number of aromatic nitrogens is 1. The van der Waals surface area contributed by atoms with Crippen LogP contribution in [0, 0.1) is 6.92 Å². The van der Waals surface area contributed by atoms with Gasteiger partial charge in [0.1, 0.15) is 0 Å². The molecule has 0 unspecified atom stereocenters. The molecule has 4 nitrogen and oxygen atoms in total. The molecule has 0 saturated carbocycles. The van der Waals surface area contributed by atoms with Gasteiger partial charge in [-0.05, 0) is 25.0 Å². The largest absolute Gasteiger partial charge is 0.394 e. The zero-order valence-corrected chi connectivity index (χ0v) is 9.90. The predicted octanol–water partition coefficient (Wildman–Crippen LogP) is 0.613. The van der Waals surface area contributed by atoms with Crippen LogP contribution in [0.4, 0.5) is 0 Å². The summed E-state index contributed by atoms with van der Waals surface area (Å²) in [5.74, 6) is 0. The third kappa shape index (κ3) is 3.01. The van der Waals surface area contributed by atoms with E-state index in [2.05, 4.69) is 10.3 Å². The molecule has 0 atom stereocenters. The van der Waals surface area contributed by atoms with Crippen molar-refractivity contribution in [2.24, 2.45) is 0 Å². The number of nitrogens with zero attached hydrogens (tertiary/aromatic N) is 1. The summed E-state index contributed by atoms with van der Waals surface area (Å²) in [6, 6.07) is 3.88. The maximum absolute atomic E-state index is 9.29. The second kappa shape index (κ2) is 5.94. The Morgan fingerprint density at radius 2 is 2.06 bits per heavy atom. The van der Waals surface area contributed by atoms with Crippen molar-refractivity contribution in [3.63, 3.8) is 0 Å². The first kappa shape index (κ1) is 13.1. The van der Waals surface area contributed by atoms with Crippen molar-refractivity contribution in [1.82, 2.24) is 10.3 Å². The molecule has 0 saturated heterocycles. The van der Waals surface area contributed by atoms with Crippen molar-refractivity contribution in [3.8, 4) is 0 Å². The van der Waals surface area contributed by atoms with Crippen LogP contribution in [0.3, 0.4) is 0 Å². The Bertz CT molecular complexity index is 316. The van der Waals surface area contributed by atoms with Gasteiger partial charge in [-0.1, -0.05) is 13.0 Å². The van der Waals surface area contributed by atoms with Gasteiger partial charge in [-0.15, -0.1) is 0 Å². The number of aliphatic hydroxyl groups is 2. The lowest BCUT2D eigenvalue weighted by Crippen LogP contribution is -2.50. The Hall–Kier alpha value is -0.970. The zero-order valence-electron chi connectivity index (χ0n) is 9.90. The van der Waals surface area contributed by atoms with Crippen LogP contribution in [0.15, 0.2) is 18.3 Å². The first-order valence-electron chi connectivity index (χ1n) is 5.54. The number of nitrogens with one attached hydrogen (secondary N) is 1. The summed E-state index contributed by atoms with van der Waals surface area (Å²) < 4.78 is 0. The molecule has 4 heteroatoms. The van der Waals surface area contributed by atoms with Crippen molar-refractivity contribution in [2.75, 3.05) is 13.2 Å². The van der Waals surface area contributed by atoms with E-state index in [4.69, 9.17) is 0 Å². The number of pyridine rings is 1. The van der Waals surface area contributed by atoms with Crippen LogP contribution < -0.4 is 5.32 Å². The molecule has 0 radical (unpaired) electrons. The summed E-state index contributed by atoms with van der Waals surface area (Å²) in [7, 11) is 0. The highest BCUT2D eigenvalue weighted by Gasteiger charge is 2.25. The third-order valence-electron chi connectivity index (χ3n) is 3.05. The monoisotopic (exact) mass is 224 g/mol. The van der Waals surface area contributed by atoms with E-state index in [0.717, 1.165) is 11.3 Å². The highest BCUT2D eigenvalue weighted by molar-refractivity contribution is 5.18. The van der Waals surface area contributed by atoms with Crippen molar-refractivity contribution in [1.29, 1.82) is 0 Å². The van der Waals surface area contributed by atoms with Crippen LogP contribution in [0.5, 0.6) is 0 Å². The van der Waals surface area contributed by atoms with Crippen molar-refractivity contribution < 1.29 is 10.2 Å². The van der Waals surface area contributed by atoms with Crippen LogP contribution in [-0.4, -0.2) is 33.9 Å². The SMILES string of the molecule is CCC(CO)(CO)NCc1cccnc1C. The van der Waals surface area contributed by atoms with Crippen LogP contribution in [0.2, 0.25) is 0 Å². The molecular formula is C12H20N2O2. The van der Waals surface area contributed by atoms with Gasteiger partial charge in [0.05, 0.1) is 18.8 Å². The van der Waals surface area contributed by atoms with Gasteiger partial charge in [0.15, 0.2) is 0 Å². The Balaban J connectivity index is 2.66. The molecule has 0 aliphatic rings. The lowest BCUT2D eigenvalue weighted by atomic mass is 9.98. The van der Waals surface area contributed by atoms with E-state index < -0.39 is 5.54 Å². The summed E-state index contributed by atoms with van der Waals surface area (Å²) >= 11 is 0. The molecule has 3 N–H and O–H groups in total. The quantitative estimate of drug-likeness (QED) is 0.662. The molecule has 1 heterocycles. The topological polar surface area (TPSA) is 65.4 Å². The summed E-state index contributed by atoms with van der Waals surface area (Å²) in [4.78, 5) is 4.19. The first-order valence-corrected chi connectivity index (χ1v) is 5.54. The van der Waals surface area contributed by atoms with Gasteiger partial charge in [-0.3, -0.25) is 4.98 Å². The number of aryl methyl sites for hydroxylation is 1. The molecule has 0 bridgehead atoms. The normalized spacial score (nSPS) is 11.8. The smallest absolute Gasteiger partial charge is 0.0648 e. The Morgan fingerprint density at radius 1 is 1.38 bits per heavy atom. The van der Waals surface area contributed by atoms with Gasteiger partial charge in [-0.25, -0.2) is 0 Å². The minimum atomic E-state index is -0.595. The van der Waals surface area contributed by atoms with Gasteiger partial charge in [-0.2, -0.15) is 0 Å². The standard InChI is InChI=1S/C12H20N2O2/c1-3-12(8-15,9-16)14-7-11-5-4-6-13-10(11)2/h4-6,14-16H,3,7-9H2,1-2H3. The van der Waals surface area contributed by atoms with Gasteiger partial charge >= 0.3 is 0 Å². The molecule has 0 fully saturated rings. The van der Waals surface area contributed by atoms with Crippen molar-refractivity contribution in [2.45, 2.75) is 32.4 Å². The van der Waals surface area contributed by atoms with E-state index in [1.54, 1.807) is 6.20 Å². The lowest BCUT2D eigenvalue weighted by Gasteiger charge is -2.30. The molecule has 0 spiro atoms. The fourth-order valence-corrected chi connectivity index (χ4v) is 1.50. The molecular weight excluding hydrogens is 204 g/mol. The maximum atomic E-state index is 9.29. The number of rotatable bonds is 6. The number of hydrogen-bond acceptors (Lipinski definition) is 4. The van der Waals surface area contributed by atoms with Crippen molar-refractivity contribution >= 4 is 0 Å². The van der Waals surface area contributed by atoms with Crippen LogP contribution in [0.1, 0.15) is 24.6 Å². The second-order valence-corrected chi connectivity index (χ2v) is 4.05. The predicted molar refractivity (Wildman–Crippen MR) is 63.0 cm³/mol. The summed E-state index contributed by atoms with van der Waals surface area (Å²) in [6.07, 6.45) is 2.43. The van der Waals surface area contributed by atoms with Gasteiger partial charge < -0.3 is 15.5 Å². The molecule has 1 aromatic heterocycles. The van der Waals surface area contributed by atoms with Gasteiger partial charge in [0.2, 0.25) is 0 Å². The summed E-state index contributed by atoms with van der Waals surface area (Å²) in [5, 5.41) is 21.8. The minimum Gasteiger partial charge on any atom is -0.394 e. The summed E-state index contributed by atoms with van der Waals surface area (Å²) in [5.41, 5.74) is 1.46. The fraction of sp³-hybridized carbons (Fsp3) is 0.583. The van der Waals surface area contributed by atoms with E-state index in [0.29, 0.717) is 13.0 Å². The van der Waals surface area contributed by atoms with Crippen LogP contribution in [0.25, 0.3) is 0 Å². The minimum absolute atomic E-state index is 0.0701. The Morgan fingerprint density at radius 3 is 2.56 bits per heavy atom. The Kier molecular flexibility index (Phi) is 4.86. The highest BCUT2D eigenvalue weighted by atomic mass is 16.3. The number of aliphatic hydroxyl groups excluding tert-OH is 2. The third-order valence-corrected chi connectivity index (χ3v) is 3.05. The molecule has 0 aromatic carbocycles. The molecule has 0 aliphatic carbocycles. The summed E-state index contributed by atoms with van der Waals surface area (Å²) in [6.45, 7) is 4.35. The average molecular weight is 224 g/mol. The van der Waals surface area contributed by atoms with E-state index in [1.807, 2.05) is 26.0 Å².